The van der Waals surface area contributed by atoms with Crippen molar-refractivity contribution in [2.24, 2.45) is 5.41 Å². The highest BCUT2D eigenvalue weighted by Crippen LogP contribution is 2.33. The standard InChI is InChI=1S/C15H32N2/c1-5-10-16-14(6-2)13-17-11-8-15(4,7-3)9-12-17/h14,16H,5-13H2,1-4H3. The van der Waals surface area contributed by atoms with Crippen molar-refractivity contribution in [1.29, 1.82) is 0 Å². The lowest BCUT2D eigenvalue weighted by molar-refractivity contribution is 0.106. The van der Waals surface area contributed by atoms with Crippen LogP contribution in [0, 0.1) is 5.41 Å². The Morgan fingerprint density at radius 3 is 2.29 bits per heavy atom. The molecule has 1 heterocycles. The van der Waals surface area contributed by atoms with Crippen molar-refractivity contribution in [3.05, 3.63) is 0 Å². The summed E-state index contributed by atoms with van der Waals surface area (Å²) in [5, 5.41) is 3.66. The molecule has 1 fully saturated rings. The van der Waals surface area contributed by atoms with E-state index in [2.05, 4.69) is 37.9 Å². The van der Waals surface area contributed by atoms with E-state index in [4.69, 9.17) is 0 Å². The van der Waals surface area contributed by atoms with Crippen LogP contribution in [-0.2, 0) is 0 Å². The molecule has 1 aliphatic heterocycles. The van der Waals surface area contributed by atoms with Crippen LogP contribution in [0.5, 0.6) is 0 Å². The Labute approximate surface area is 108 Å². The summed E-state index contributed by atoms with van der Waals surface area (Å²) in [7, 11) is 0. The summed E-state index contributed by atoms with van der Waals surface area (Å²) in [5.74, 6) is 0. The Balaban J connectivity index is 2.28. The number of piperidine rings is 1. The zero-order chi connectivity index (χ0) is 12.7. The summed E-state index contributed by atoms with van der Waals surface area (Å²) >= 11 is 0. The molecule has 0 bridgehead atoms. The highest BCUT2D eigenvalue weighted by Gasteiger charge is 2.28. The molecule has 0 aromatic carbocycles. The van der Waals surface area contributed by atoms with Crippen LogP contribution in [0.1, 0.15) is 59.8 Å². The first-order valence-corrected chi connectivity index (χ1v) is 7.59. The van der Waals surface area contributed by atoms with Crippen molar-refractivity contribution in [2.45, 2.75) is 65.8 Å². The van der Waals surface area contributed by atoms with Crippen molar-refractivity contribution in [2.75, 3.05) is 26.2 Å². The minimum absolute atomic E-state index is 0.620. The molecule has 2 heteroatoms. The van der Waals surface area contributed by atoms with Crippen LogP contribution in [0.3, 0.4) is 0 Å². The Hall–Kier alpha value is -0.0800. The third-order valence-corrected chi connectivity index (χ3v) is 4.57. The first-order chi connectivity index (χ1) is 8.13. The normalized spacial score (nSPS) is 22.6. The molecule has 1 rings (SSSR count). The molecule has 102 valence electrons. The fourth-order valence-corrected chi connectivity index (χ4v) is 2.63. The third-order valence-electron chi connectivity index (χ3n) is 4.57. The van der Waals surface area contributed by atoms with E-state index in [1.54, 1.807) is 0 Å². The summed E-state index contributed by atoms with van der Waals surface area (Å²) in [5.41, 5.74) is 0.620. The van der Waals surface area contributed by atoms with E-state index < -0.39 is 0 Å². The van der Waals surface area contributed by atoms with Crippen LogP contribution in [0.25, 0.3) is 0 Å². The second kappa shape index (κ2) is 7.38. The highest BCUT2D eigenvalue weighted by atomic mass is 15.2. The zero-order valence-electron chi connectivity index (χ0n) is 12.4. The first-order valence-electron chi connectivity index (χ1n) is 7.59. The lowest BCUT2D eigenvalue weighted by Gasteiger charge is -2.40. The fourth-order valence-electron chi connectivity index (χ4n) is 2.63. The van der Waals surface area contributed by atoms with Crippen LogP contribution < -0.4 is 5.32 Å². The summed E-state index contributed by atoms with van der Waals surface area (Å²) in [6, 6.07) is 0.695. The Kier molecular flexibility index (Phi) is 6.50. The molecule has 0 aromatic rings. The van der Waals surface area contributed by atoms with Gasteiger partial charge in [-0.25, -0.2) is 0 Å². The van der Waals surface area contributed by atoms with E-state index >= 15 is 0 Å². The molecule has 2 nitrogen and oxygen atoms in total. The topological polar surface area (TPSA) is 15.3 Å². The van der Waals surface area contributed by atoms with Gasteiger partial charge in [-0.05, 0) is 50.7 Å². The summed E-state index contributed by atoms with van der Waals surface area (Å²) in [4.78, 5) is 2.66. The van der Waals surface area contributed by atoms with Crippen LogP contribution in [0.15, 0.2) is 0 Å². The molecule has 17 heavy (non-hydrogen) atoms. The smallest absolute Gasteiger partial charge is 0.0192 e. The quantitative estimate of drug-likeness (QED) is 0.735. The number of likely N-dealkylation sites (tertiary alicyclic amines) is 1. The molecule has 1 saturated heterocycles. The molecule has 1 aliphatic rings. The first kappa shape index (κ1) is 15.0. The van der Waals surface area contributed by atoms with Crippen molar-refractivity contribution in [3.8, 4) is 0 Å². The van der Waals surface area contributed by atoms with E-state index in [9.17, 15) is 0 Å². The Bertz CT molecular complexity index is 195. The molecule has 0 radical (unpaired) electrons. The summed E-state index contributed by atoms with van der Waals surface area (Å²) in [6.45, 7) is 14.4. The van der Waals surface area contributed by atoms with Gasteiger partial charge >= 0.3 is 0 Å². The number of hydrogen-bond acceptors (Lipinski definition) is 2. The number of hydrogen-bond donors (Lipinski definition) is 1. The molecule has 0 spiro atoms. The number of nitrogens with zero attached hydrogens (tertiary/aromatic N) is 1. The molecule has 0 aliphatic carbocycles. The summed E-state index contributed by atoms with van der Waals surface area (Å²) < 4.78 is 0. The zero-order valence-corrected chi connectivity index (χ0v) is 12.4. The van der Waals surface area contributed by atoms with Crippen LogP contribution in [-0.4, -0.2) is 37.1 Å². The van der Waals surface area contributed by atoms with Gasteiger partial charge in [-0.15, -0.1) is 0 Å². The maximum absolute atomic E-state index is 3.66. The molecule has 1 unspecified atom stereocenters. The van der Waals surface area contributed by atoms with Gasteiger partial charge in [0.05, 0.1) is 0 Å². The summed E-state index contributed by atoms with van der Waals surface area (Å²) in [6.07, 6.45) is 6.60. The number of nitrogens with one attached hydrogen (secondary N) is 1. The van der Waals surface area contributed by atoms with Crippen molar-refractivity contribution < 1.29 is 0 Å². The predicted molar refractivity (Wildman–Crippen MR) is 76.4 cm³/mol. The molecule has 0 amide bonds. The monoisotopic (exact) mass is 240 g/mol. The van der Waals surface area contributed by atoms with Gasteiger partial charge in [0, 0.05) is 12.6 Å². The van der Waals surface area contributed by atoms with Gasteiger partial charge in [0.2, 0.25) is 0 Å². The maximum Gasteiger partial charge on any atom is 0.0192 e. The van der Waals surface area contributed by atoms with Gasteiger partial charge in [0.1, 0.15) is 0 Å². The Morgan fingerprint density at radius 1 is 1.18 bits per heavy atom. The minimum atomic E-state index is 0.620. The minimum Gasteiger partial charge on any atom is -0.313 e. The van der Waals surface area contributed by atoms with Crippen LogP contribution in [0.2, 0.25) is 0 Å². The van der Waals surface area contributed by atoms with Crippen LogP contribution in [0.4, 0.5) is 0 Å². The third kappa shape index (κ3) is 4.97. The second-order valence-electron chi connectivity index (χ2n) is 6.02. The van der Waals surface area contributed by atoms with Gasteiger partial charge in [-0.2, -0.15) is 0 Å². The van der Waals surface area contributed by atoms with Gasteiger partial charge in [-0.1, -0.05) is 34.1 Å². The number of rotatable bonds is 7. The molecule has 1 N–H and O–H groups in total. The van der Waals surface area contributed by atoms with Crippen molar-refractivity contribution in [1.82, 2.24) is 10.2 Å². The average molecular weight is 240 g/mol. The van der Waals surface area contributed by atoms with Crippen LogP contribution >= 0.6 is 0 Å². The largest absolute Gasteiger partial charge is 0.313 e. The van der Waals surface area contributed by atoms with Gasteiger partial charge in [-0.3, -0.25) is 0 Å². The fraction of sp³-hybridized carbons (Fsp3) is 1.00. The highest BCUT2D eigenvalue weighted by molar-refractivity contribution is 4.83. The van der Waals surface area contributed by atoms with Gasteiger partial charge in [0.25, 0.3) is 0 Å². The molecular weight excluding hydrogens is 208 g/mol. The average Bonchev–Trinajstić information content (AvgIpc) is 2.37. The predicted octanol–water partition coefficient (Wildman–Crippen LogP) is 3.28. The molecular formula is C15H32N2. The Morgan fingerprint density at radius 2 is 1.82 bits per heavy atom. The molecule has 1 atom stereocenters. The lowest BCUT2D eigenvalue weighted by Crippen LogP contribution is -2.46. The maximum atomic E-state index is 3.66. The SMILES string of the molecule is CCCNC(CC)CN1CCC(C)(CC)CC1. The molecule has 0 aromatic heterocycles. The van der Waals surface area contributed by atoms with E-state index in [1.165, 1.54) is 58.3 Å². The molecule has 0 saturated carbocycles. The van der Waals surface area contributed by atoms with Crippen molar-refractivity contribution in [3.63, 3.8) is 0 Å². The van der Waals surface area contributed by atoms with Gasteiger partial charge in [0.15, 0.2) is 0 Å². The van der Waals surface area contributed by atoms with E-state index in [0.29, 0.717) is 11.5 Å². The lowest BCUT2D eigenvalue weighted by atomic mass is 9.78. The second-order valence-corrected chi connectivity index (χ2v) is 6.02. The van der Waals surface area contributed by atoms with Gasteiger partial charge < -0.3 is 10.2 Å². The van der Waals surface area contributed by atoms with E-state index in [1.807, 2.05) is 0 Å². The van der Waals surface area contributed by atoms with Crippen molar-refractivity contribution >= 4 is 0 Å². The van der Waals surface area contributed by atoms with E-state index in [0.717, 1.165) is 0 Å². The van der Waals surface area contributed by atoms with E-state index in [-0.39, 0.29) is 0 Å².